The molecule has 2 aliphatic heterocycles. The Morgan fingerprint density at radius 2 is 1.94 bits per heavy atom. The summed E-state index contributed by atoms with van der Waals surface area (Å²) in [5.74, 6) is 0.239. The molecule has 0 aliphatic carbocycles. The fourth-order valence-electron chi connectivity index (χ4n) is 3.04. The van der Waals surface area contributed by atoms with Gasteiger partial charge in [-0.15, -0.1) is 0 Å². The van der Waals surface area contributed by atoms with Gasteiger partial charge in [0.2, 0.25) is 0 Å². The van der Waals surface area contributed by atoms with E-state index in [1.807, 2.05) is 13.0 Å². The van der Waals surface area contributed by atoms with Gasteiger partial charge in [-0.25, -0.2) is 0 Å². The molecule has 1 aromatic carbocycles. The Bertz CT molecular complexity index is 475. The van der Waals surface area contributed by atoms with E-state index in [4.69, 9.17) is 0 Å². The molecule has 3 nitrogen and oxygen atoms in total. The Balaban J connectivity index is 1.80. The van der Waals surface area contributed by atoms with Crippen LogP contribution in [-0.2, 0) is 6.54 Å². The van der Waals surface area contributed by atoms with Crippen molar-refractivity contribution < 1.29 is 4.79 Å². The number of aryl methyl sites for hydroxylation is 1. The average Bonchev–Trinajstić information content (AvgIpc) is 2.68. The topological polar surface area (TPSA) is 23.6 Å². The Kier molecular flexibility index (Phi) is 2.86. The van der Waals surface area contributed by atoms with Crippen LogP contribution in [0.4, 0.5) is 0 Å². The number of piperidine rings is 1. The first kappa shape index (κ1) is 11.7. The van der Waals surface area contributed by atoms with Gasteiger partial charge in [0.25, 0.3) is 5.91 Å². The third-order valence-corrected chi connectivity index (χ3v) is 4.23. The molecule has 0 unspecified atom stereocenters. The number of fused-ring (bicyclic) bond motifs is 1. The van der Waals surface area contributed by atoms with Crippen LogP contribution >= 0.6 is 0 Å². The second kappa shape index (κ2) is 4.39. The van der Waals surface area contributed by atoms with Gasteiger partial charge in [-0.1, -0.05) is 17.7 Å². The molecule has 3 rings (SSSR count). The maximum absolute atomic E-state index is 12.4. The minimum absolute atomic E-state index is 0.239. The Labute approximate surface area is 108 Å². The van der Waals surface area contributed by atoms with E-state index in [-0.39, 0.29) is 5.91 Å². The van der Waals surface area contributed by atoms with Gasteiger partial charge in [-0.3, -0.25) is 4.79 Å². The summed E-state index contributed by atoms with van der Waals surface area (Å²) < 4.78 is 0. The summed E-state index contributed by atoms with van der Waals surface area (Å²) in [6.07, 6.45) is 2.21. The van der Waals surface area contributed by atoms with Crippen LogP contribution in [-0.4, -0.2) is 41.9 Å². The Morgan fingerprint density at radius 1 is 1.22 bits per heavy atom. The van der Waals surface area contributed by atoms with Gasteiger partial charge in [0.05, 0.1) is 0 Å². The van der Waals surface area contributed by atoms with Crippen LogP contribution in [0, 0.1) is 6.92 Å². The monoisotopic (exact) mass is 244 g/mol. The highest BCUT2D eigenvalue weighted by Gasteiger charge is 2.33. The van der Waals surface area contributed by atoms with Crippen molar-refractivity contribution in [1.82, 2.24) is 9.80 Å². The molecule has 1 saturated heterocycles. The highest BCUT2D eigenvalue weighted by molar-refractivity contribution is 5.98. The SMILES string of the molecule is Cc1ccc2c(c1)C(=O)N(C1CCN(C)CC1)C2. The fourth-order valence-corrected chi connectivity index (χ4v) is 3.04. The molecule has 0 radical (unpaired) electrons. The quantitative estimate of drug-likeness (QED) is 0.755. The van der Waals surface area contributed by atoms with Gasteiger partial charge >= 0.3 is 0 Å². The molecular weight excluding hydrogens is 224 g/mol. The number of likely N-dealkylation sites (tertiary alicyclic amines) is 1. The lowest BCUT2D eigenvalue weighted by Gasteiger charge is -2.34. The van der Waals surface area contributed by atoms with Crippen LogP contribution in [0.1, 0.15) is 34.3 Å². The highest BCUT2D eigenvalue weighted by atomic mass is 16.2. The number of hydrogen-bond donors (Lipinski definition) is 0. The number of carbonyl (C=O) groups excluding carboxylic acids is 1. The van der Waals surface area contributed by atoms with Crippen molar-refractivity contribution in [2.45, 2.75) is 32.4 Å². The minimum atomic E-state index is 0.239. The van der Waals surface area contributed by atoms with Crippen molar-refractivity contribution in [1.29, 1.82) is 0 Å². The Hall–Kier alpha value is -1.35. The van der Waals surface area contributed by atoms with E-state index in [9.17, 15) is 4.79 Å². The number of amides is 1. The lowest BCUT2D eigenvalue weighted by Crippen LogP contribution is -2.43. The van der Waals surface area contributed by atoms with Crippen LogP contribution in [0.5, 0.6) is 0 Å². The summed E-state index contributed by atoms with van der Waals surface area (Å²) in [6, 6.07) is 6.68. The predicted molar refractivity (Wildman–Crippen MR) is 71.6 cm³/mol. The third kappa shape index (κ3) is 1.93. The van der Waals surface area contributed by atoms with Gasteiger partial charge in [-0.2, -0.15) is 0 Å². The van der Waals surface area contributed by atoms with Gasteiger partial charge < -0.3 is 9.80 Å². The van der Waals surface area contributed by atoms with Gasteiger partial charge in [0.15, 0.2) is 0 Å². The molecule has 2 heterocycles. The van der Waals surface area contributed by atoms with Gasteiger partial charge in [0, 0.05) is 18.2 Å². The first-order valence-electron chi connectivity index (χ1n) is 6.74. The third-order valence-electron chi connectivity index (χ3n) is 4.23. The molecular formula is C15H20N2O. The summed E-state index contributed by atoms with van der Waals surface area (Å²) >= 11 is 0. The van der Waals surface area contributed by atoms with E-state index in [2.05, 4.69) is 29.0 Å². The van der Waals surface area contributed by atoms with Crippen molar-refractivity contribution >= 4 is 5.91 Å². The molecule has 0 saturated carbocycles. The summed E-state index contributed by atoms with van der Waals surface area (Å²) in [5, 5.41) is 0. The van der Waals surface area contributed by atoms with E-state index in [0.717, 1.165) is 38.0 Å². The average molecular weight is 244 g/mol. The maximum atomic E-state index is 12.4. The summed E-state index contributed by atoms with van der Waals surface area (Å²) in [7, 11) is 2.15. The maximum Gasteiger partial charge on any atom is 0.254 e. The summed E-state index contributed by atoms with van der Waals surface area (Å²) in [5.41, 5.74) is 3.30. The van der Waals surface area contributed by atoms with Crippen molar-refractivity contribution in [3.8, 4) is 0 Å². The van der Waals surface area contributed by atoms with Crippen molar-refractivity contribution in [3.05, 3.63) is 34.9 Å². The van der Waals surface area contributed by atoms with Crippen molar-refractivity contribution in [2.75, 3.05) is 20.1 Å². The number of nitrogens with zero attached hydrogens (tertiary/aromatic N) is 2. The van der Waals surface area contributed by atoms with E-state index < -0.39 is 0 Å². The molecule has 0 N–H and O–H groups in total. The van der Waals surface area contributed by atoms with E-state index in [1.54, 1.807) is 0 Å². The number of carbonyl (C=O) groups is 1. The smallest absolute Gasteiger partial charge is 0.254 e. The first-order chi connectivity index (χ1) is 8.65. The molecule has 3 heteroatoms. The first-order valence-corrected chi connectivity index (χ1v) is 6.74. The van der Waals surface area contributed by atoms with Crippen molar-refractivity contribution in [2.24, 2.45) is 0 Å². The lowest BCUT2D eigenvalue weighted by atomic mass is 10.0. The van der Waals surface area contributed by atoms with E-state index >= 15 is 0 Å². The van der Waals surface area contributed by atoms with Crippen molar-refractivity contribution in [3.63, 3.8) is 0 Å². The zero-order chi connectivity index (χ0) is 12.7. The number of hydrogen-bond acceptors (Lipinski definition) is 2. The Morgan fingerprint density at radius 3 is 2.67 bits per heavy atom. The molecule has 18 heavy (non-hydrogen) atoms. The van der Waals surface area contributed by atoms with Gasteiger partial charge in [-0.05, 0) is 51.5 Å². The number of rotatable bonds is 1. The second-order valence-electron chi connectivity index (χ2n) is 5.63. The number of benzene rings is 1. The van der Waals surface area contributed by atoms with Crippen LogP contribution < -0.4 is 0 Å². The van der Waals surface area contributed by atoms with Crippen LogP contribution in [0.25, 0.3) is 0 Å². The van der Waals surface area contributed by atoms with Gasteiger partial charge in [0.1, 0.15) is 0 Å². The fraction of sp³-hybridized carbons (Fsp3) is 0.533. The largest absolute Gasteiger partial charge is 0.331 e. The standard InChI is InChI=1S/C15H20N2O/c1-11-3-4-12-10-17(15(18)14(12)9-11)13-5-7-16(2)8-6-13/h3-4,9,13H,5-8,10H2,1-2H3. The summed E-state index contributed by atoms with van der Waals surface area (Å²) in [6.45, 7) is 5.06. The molecule has 0 spiro atoms. The molecule has 0 bridgehead atoms. The molecule has 2 aliphatic rings. The van der Waals surface area contributed by atoms with Crippen LogP contribution in [0.3, 0.4) is 0 Å². The molecule has 0 aromatic heterocycles. The second-order valence-corrected chi connectivity index (χ2v) is 5.63. The predicted octanol–water partition coefficient (Wildman–Crippen LogP) is 2.05. The zero-order valence-electron chi connectivity index (χ0n) is 11.1. The van der Waals surface area contributed by atoms with E-state index in [0.29, 0.717) is 6.04 Å². The molecule has 1 amide bonds. The molecule has 1 fully saturated rings. The molecule has 96 valence electrons. The molecule has 0 atom stereocenters. The van der Waals surface area contributed by atoms with Crippen LogP contribution in [0.15, 0.2) is 18.2 Å². The normalized spacial score (nSPS) is 21.4. The lowest BCUT2D eigenvalue weighted by molar-refractivity contribution is 0.0617. The van der Waals surface area contributed by atoms with Crippen LogP contribution in [0.2, 0.25) is 0 Å². The van der Waals surface area contributed by atoms with E-state index in [1.165, 1.54) is 11.1 Å². The molecule has 1 aromatic rings. The summed E-state index contributed by atoms with van der Waals surface area (Å²) in [4.78, 5) is 16.9. The minimum Gasteiger partial charge on any atom is -0.331 e. The zero-order valence-corrected chi connectivity index (χ0v) is 11.1. The highest BCUT2D eigenvalue weighted by Crippen LogP contribution is 2.28.